The second-order valence-corrected chi connectivity index (χ2v) is 8.07. The fourth-order valence-corrected chi connectivity index (χ4v) is 6.24. The molecule has 0 bridgehead atoms. The summed E-state index contributed by atoms with van der Waals surface area (Å²) in [5, 5.41) is 9.59. The third kappa shape index (κ3) is 1.99. The van der Waals surface area contributed by atoms with Crippen LogP contribution in [-0.2, 0) is 9.47 Å². The highest BCUT2D eigenvalue weighted by molar-refractivity contribution is 5.13. The van der Waals surface area contributed by atoms with E-state index in [1.165, 1.54) is 25.7 Å². The monoisotopic (exact) mass is 289 g/mol. The topological polar surface area (TPSA) is 45.5 Å². The Bertz CT molecular complexity index is 459. The van der Waals surface area contributed by atoms with E-state index in [0.717, 1.165) is 37.2 Å². The molecular formula is C18H27NO2. The van der Waals surface area contributed by atoms with Crippen LogP contribution in [-0.4, -0.2) is 25.9 Å². The molecule has 0 aromatic carbocycles. The molecule has 1 aliphatic heterocycles. The quantitative estimate of drug-likeness (QED) is 0.745. The van der Waals surface area contributed by atoms with Crippen molar-refractivity contribution in [2.75, 3.05) is 13.7 Å². The number of epoxide rings is 1. The van der Waals surface area contributed by atoms with Crippen molar-refractivity contribution in [1.29, 1.82) is 5.26 Å². The van der Waals surface area contributed by atoms with Crippen LogP contribution in [0, 0.1) is 46.3 Å². The van der Waals surface area contributed by atoms with Crippen molar-refractivity contribution in [2.24, 2.45) is 35.0 Å². The zero-order chi connectivity index (χ0) is 14.6. The van der Waals surface area contributed by atoms with Crippen molar-refractivity contribution >= 4 is 0 Å². The van der Waals surface area contributed by atoms with Crippen molar-refractivity contribution in [2.45, 2.75) is 57.7 Å². The van der Waals surface area contributed by atoms with E-state index in [2.05, 4.69) is 13.0 Å². The van der Waals surface area contributed by atoms with Crippen LogP contribution in [0.3, 0.4) is 0 Å². The Kier molecular flexibility index (Phi) is 3.32. The predicted octanol–water partition coefficient (Wildman–Crippen LogP) is 3.39. The van der Waals surface area contributed by atoms with Crippen LogP contribution in [0.5, 0.6) is 0 Å². The molecule has 3 saturated carbocycles. The van der Waals surface area contributed by atoms with Gasteiger partial charge in [-0.2, -0.15) is 5.26 Å². The van der Waals surface area contributed by atoms with E-state index >= 15 is 0 Å². The summed E-state index contributed by atoms with van der Waals surface area (Å²) in [6, 6.07) is 2.61. The van der Waals surface area contributed by atoms with Crippen LogP contribution >= 0.6 is 0 Å². The van der Waals surface area contributed by atoms with Gasteiger partial charge in [0.15, 0.2) is 0 Å². The number of hydrogen-bond acceptors (Lipinski definition) is 3. The van der Waals surface area contributed by atoms with Gasteiger partial charge in [-0.05, 0) is 67.6 Å². The van der Waals surface area contributed by atoms with E-state index in [-0.39, 0.29) is 11.3 Å². The third-order valence-corrected chi connectivity index (χ3v) is 7.37. The van der Waals surface area contributed by atoms with Gasteiger partial charge in [-0.15, -0.1) is 0 Å². The van der Waals surface area contributed by atoms with Gasteiger partial charge < -0.3 is 9.47 Å². The van der Waals surface area contributed by atoms with Crippen LogP contribution in [0.1, 0.15) is 45.4 Å². The van der Waals surface area contributed by atoms with Crippen molar-refractivity contribution < 1.29 is 9.47 Å². The molecule has 1 heterocycles. The van der Waals surface area contributed by atoms with Gasteiger partial charge in [0.1, 0.15) is 0 Å². The van der Waals surface area contributed by atoms with E-state index in [9.17, 15) is 5.26 Å². The number of ether oxygens (including phenoxy) is 2. The lowest BCUT2D eigenvalue weighted by Gasteiger charge is -2.39. The van der Waals surface area contributed by atoms with E-state index in [1.54, 1.807) is 7.11 Å². The maximum Gasteiger partial charge on any atom is 0.0875 e. The Morgan fingerprint density at radius 3 is 2.90 bits per heavy atom. The predicted molar refractivity (Wildman–Crippen MR) is 79.4 cm³/mol. The molecular weight excluding hydrogens is 262 g/mol. The van der Waals surface area contributed by atoms with Crippen molar-refractivity contribution in [3.8, 4) is 6.07 Å². The minimum Gasteiger partial charge on any atom is -0.385 e. The Morgan fingerprint density at radius 2 is 2.14 bits per heavy atom. The van der Waals surface area contributed by atoms with Crippen molar-refractivity contribution in [3.63, 3.8) is 0 Å². The first-order valence-corrected chi connectivity index (χ1v) is 8.73. The van der Waals surface area contributed by atoms with Gasteiger partial charge in [-0.3, -0.25) is 0 Å². The number of fused-ring (bicyclic) bond motifs is 3. The lowest BCUT2D eigenvalue weighted by molar-refractivity contribution is 0.0494. The normalized spacial score (nSPS) is 54.2. The Labute approximate surface area is 128 Å². The summed E-state index contributed by atoms with van der Waals surface area (Å²) in [7, 11) is 1.78. The van der Waals surface area contributed by atoms with Gasteiger partial charge in [0, 0.05) is 13.7 Å². The molecule has 3 heteroatoms. The first kappa shape index (κ1) is 14.0. The van der Waals surface area contributed by atoms with E-state index in [1.807, 2.05) is 0 Å². The van der Waals surface area contributed by atoms with Gasteiger partial charge in [-0.25, -0.2) is 0 Å². The van der Waals surface area contributed by atoms with Gasteiger partial charge in [0.05, 0.1) is 24.2 Å². The van der Waals surface area contributed by atoms with Gasteiger partial charge >= 0.3 is 0 Å². The number of nitriles is 1. The highest BCUT2D eigenvalue weighted by Gasteiger charge is 2.63. The summed E-state index contributed by atoms with van der Waals surface area (Å²) >= 11 is 0. The molecule has 4 aliphatic rings. The lowest BCUT2D eigenvalue weighted by atomic mass is 9.64. The maximum atomic E-state index is 9.59. The highest BCUT2D eigenvalue weighted by atomic mass is 16.6. The molecule has 8 atom stereocenters. The molecule has 4 fully saturated rings. The van der Waals surface area contributed by atoms with Crippen LogP contribution < -0.4 is 0 Å². The van der Waals surface area contributed by atoms with Crippen molar-refractivity contribution in [3.05, 3.63) is 0 Å². The number of nitrogens with zero attached hydrogens (tertiary/aromatic N) is 1. The molecule has 4 rings (SSSR count). The SMILES string of the molecule is COCC[C@]1(C)[C@@H](C#N)CC[C@H]1[C@@H]1CC[C@H]2C[C@@H]3O[C@@H]3C21. The summed E-state index contributed by atoms with van der Waals surface area (Å²) in [6.45, 7) is 3.15. The number of rotatable bonds is 4. The van der Waals surface area contributed by atoms with Crippen LogP contribution in [0.2, 0.25) is 0 Å². The Morgan fingerprint density at radius 1 is 1.29 bits per heavy atom. The highest BCUT2D eigenvalue weighted by Crippen LogP contribution is 2.64. The molecule has 116 valence electrons. The molecule has 1 saturated heterocycles. The van der Waals surface area contributed by atoms with E-state index < -0.39 is 0 Å². The molecule has 3 aliphatic carbocycles. The zero-order valence-electron chi connectivity index (χ0n) is 13.3. The Hall–Kier alpha value is -0.590. The van der Waals surface area contributed by atoms with Gasteiger partial charge in [0.2, 0.25) is 0 Å². The van der Waals surface area contributed by atoms with Gasteiger partial charge in [-0.1, -0.05) is 6.92 Å². The fraction of sp³-hybridized carbons (Fsp3) is 0.944. The average Bonchev–Trinajstić information content (AvgIpc) is 2.84. The minimum absolute atomic E-state index is 0.150. The van der Waals surface area contributed by atoms with E-state index in [4.69, 9.17) is 9.47 Å². The summed E-state index contributed by atoms with van der Waals surface area (Å²) in [5.74, 6) is 3.45. The summed E-state index contributed by atoms with van der Waals surface area (Å²) in [4.78, 5) is 0. The molecule has 0 N–H and O–H groups in total. The fourth-order valence-electron chi connectivity index (χ4n) is 6.24. The maximum absolute atomic E-state index is 9.59. The summed E-state index contributed by atoms with van der Waals surface area (Å²) < 4.78 is 11.2. The van der Waals surface area contributed by atoms with Crippen LogP contribution in [0.15, 0.2) is 0 Å². The van der Waals surface area contributed by atoms with Gasteiger partial charge in [0.25, 0.3) is 0 Å². The molecule has 21 heavy (non-hydrogen) atoms. The molecule has 1 unspecified atom stereocenters. The first-order valence-electron chi connectivity index (χ1n) is 8.73. The second-order valence-electron chi connectivity index (χ2n) is 8.07. The lowest BCUT2D eigenvalue weighted by Crippen LogP contribution is -2.36. The molecule has 0 aromatic heterocycles. The largest absolute Gasteiger partial charge is 0.385 e. The molecule has 0 aromatic rings. The smallest absolute Gasteiger partial charge is 0.0875 e. The molecule has 3 nitrogen and oxygen atoms in total. The van der Waals surface area contributed by atoms with Crippen molar-refractivity contribution in [1.82, 2.24) is 0 Å². The Balaban J connectivity index is 1.57. The van der Waals surface area contributed by atoms with E-state index in [0.29, 0.717) is 18.1 Å². The summed E-state index contributed by atoms with van der Waals surface area (Å²) in [6.07, 6.45) is 8.63. The number of hydrogen-bond donors (Lipinski definition) is 0. The second kappa shape index (κ2) is 4.96. The standard InChI is InChI=1S/C18H27NO2/c1-18(7-8-20-2)12(10-19)4-6-14(18)13-5-3-11-9-15-17(21-15)16(11)13/h11-17H,3-9H2,1-2H3/t11-,12+,13-,14-,15-,16?,17-,18+/m0/s1. The summed E-state index contributed by atoms with van der Waals surface area (Å²) in [5.41, 5.74) is 0.150. The average molecular weight is 289 g/mol. The minimum atomic E-state index is 0.150. The third-order valence-electron chi connectivity index (χ3n) is 7.37. The van der Waals surface area contributed by atoms with Crippen LogP contribution in [0.25, 0.3) is 0 Å². The zero-order valence-corrected chi connectivity index (χ0v) is 13.3. The first-order chi connectivity index (χ1) is 10.2. The van der Waals surface area contributed by atoms with Crippen LogP contribution in [0.4, 0.5) is 0 Å². The molecule has 0 spiro atoms. The molecule has 0 amide bonds. The molecule has 0 radical (unpaired) electrons. The number of methoxy groups -OCH3 is 1.